The number of allylic oxidation sites excluding steroid dienone is 3. The lowest BCUT2D eigenvalue weighted by molar-refractivity contribution is 0.798. The van der Waals surface area contributed by atoms with Crippen LogP contribution in [0.25, 0.3) is 0 Å². The molecule has 0 aromatic rings. The smallest absolute Gasteiger partial charge is 0.0578 e. The molecule has 0 aliphatic heterocycles. The molecule has 1 aliphatic rings. The summed E-state index contributed by atoms with van der Waals surface area (Å²) in [6.07, 6.45) is 9.09. The van der Waals surface area contributed by atoms with Gasteiger partial charge in [-0.1, -0.05) is 30.7 Å². The standard InChI is InChI=1S/C9H13FS/c1-2-8-6-4-3-5-7-9(8)11-10/h3-4,6,9H,2,5,7H2,1H3. The van der Waals surface area contributed by atoms with Crippen LogP contribution in [-0.2, 0) is 0 Å². The van der Waals surface area contributed by atoms with Gasteiger partial charge in [-0.15, -0.1) is 0 Å². The van der Waals surface area contributed by atoms with Gasteiger partial charge in [0.05, 0.1) is 17.4 Å². The summed E-state index contributed by atoms with van der Waals surface area (Å²) in [6, 6.07) is 0. The molecule has 0 heterocycles. The quantitative estimate of drug-likeness (QED) is 0.612. The fraction of sp³-hybridized carbons (Fsp3) is 0.556. The van der Waals surface area contributed by atoms with Crippen molar-refractivity contribution in [2.75, 3.05) is 0 Å². The average molecular weight is 172 g/mol. The number of halogens is 1. The van der Waals surface area contributed by atoms with Gasteiger partial charge in [-0.2, -0.15) is 3.89 Å². The summed E-state index contributed by atoms with van der Waals surface area (Å²) < 4.78 is 12.3. The molecule has 0 aromatic carbocycles. The second kappa shape index (κ2) is 4.60. The Labute approximate surface area is 71.9 Å². The minimum atomic E-state index is 0.106. The first-order valence-corrected chi connectivity index (χ1v) is 4.79. The summed E-state index contributed by atoms with van der Waals surface area (Å²) in [4.78, 5) is 0. The molecule has 0 saturated carbocycles. The van der Waals surface area contributed by atoms with Gasteiger partial charge < -0.3 is 0 Å². The average Bonchev–Trinajstić information content (AvgIpc) is 2.27. The Balaban J connectivity index is 2.64. The summed E-state index contributed by atoms with van der Waals surface area (Å²) in [6.45, 7) is 2.08. The highest BCUT2D eigenvalue weighted by Gasteiger charge is 2.13. The van der Waals surface area contributed by atoms with Crippen molar-refractivity contribution in [1.82, 2.24) is 0 Å². The fourth-order valence-corrected chi connectivity index (χ4v) is 1.86. The summed E-state index contributed by atoms with van der Waals surface area (Å²) in [5.74, 6) is 0. The second-order valence-corrected chi connectivity index (χ2v) is 3.43. The van der Waals surface area contributed by atoms with E-state index >= 15 is 0 Å². The summed E-state index contributed by atoms with van der Waals surface area (Å²) in [5.41, 5.74) is 1.23. The summed E-state index contributed by atoms with van der Waals surface area (Å²) in [5, 5.41) is 0.106. The molecule has 0 fully saturated rings. The van der Waals surface area contributed by atoms with Crippen LogP contribution in [0.5, 0.6) is 0 Å². The maximum absolute atomic E-state index is 12.3. The van der Waals surface area contributed by atoms with Crippen molar-refractivity contribution >= 4 is 12.1 Å². The molecule has 0 amide bonds. The lowest BCUT2D eigenvalue weighted by Gasteiger charge is -2.11. The zero-order valence-electron chi connectivity index (χ0n) is 6.72. The first-order chi connectivity index (χ1) is 5.38. The van der Waals surface area contributed by atoms with Crippen molar-refractivity contribution < 1.29 is 3.89 Å². The predicted molar refractivity (Wildman–Crippen MR) is 49.2 cm³/mol. The van der Waals surface area contributed by atoms with Gasteiger partial charge in [0, 0.05) is 0 Å². The minimum absolute atomic E-state index is 0.106. The Morgan fingerprint density at radius 1 is 1.73 bits per heavy atom. The van der Waals surface area contributed by atoms with E-state index < -0.39 is 0 Å². The molecular weight excluding hydrogens is 159 g/mol. The lowest BCUT2D eigenvalue weighted by atomic mass is 10.1. The Kier molecular flexibility index (Phi) is 3.70. The third-order valence-electron chi connectivity index (χ3n) is 1.97. The zero-order chi connectivity index (χ0) is 8.10. The van der Waals surface area contributed by atoms with E-state index in [9.17, 15) is 3.89 Å². The first kappa shape index (κ1) is 8.85. The van der Waals surface area contributed by atoms with E-state index in [0.29, 0.717) is 12.1 Å². The molecule has 1 rings (SSSR count). The largest absolute Gasteiger partial charge is 0.165 e. The molecule has 0 N–H and O–H groups in total. The molecule has 62 valence electrons. The first-order valence-electron chi connectivity index (χ1n) is 4.01. The van der Waals surface area contributed by atoms with E-state index in [1.165, 1.54) is 5.57 Å². The van der Waals surface area contributed by atoms with Crippen LogP contribution in [0, 0.1) is 0 Å². The van der Waals surface area contributed by atoms with Crippen LogP contribution in [0.2, 0.25) is 0 Å². The van der Waals surface area contributed by atoms with Gasteiger partial charge >= 0.3 is 0 Å². The van der Waals surface area contributed by atoms with Gasteiger partial charge in [0.1, 0.15) is 0 Å². The number of rotatable bonds is 2. The van der Waals surface area contributed by atoms with Crippen LogP contribution in [0.4, 0.5) is 3.89 Å². The summed E-state index contributed by atoms with van der Waals surface area (Å²) >= 11 is 0.483. The molecule has 0 radical (unpaired) electrons. The van der Waals surface area contributed by atoms with Gasteiger partial charge in [-0.05, 0) is 19.3 Å². The molecule has 0 nitrogen and oxygen atoms in total. The third kappa shape index (κ3) is 2.37. The molecule has 1 atom stereocenters. The Morgan fingerprint density at radius 2 is 2.55 bits per heavy atom. The molecule has 0 aromatic heterocycles. The van der Waals surface area contributed by atoms with Gasteiger partial charge in [0.25, 0.3) is 0 Å². The fourth-order valence-electron chi connectivity index (χ4n) is 1.28. The predicted octanol–water partition coefficient (Wildman–Crippen LogP) is 3.66. The van der Waals surface area contributed by atoms with Crippen LogP contribution in [0.15, 0.2) is 23.8 Å². The SMILES string of the molecule is CCC1=CC=CCCC1SF. The second-order valence-electron chi connectivity index (χ2n) is 2.68. The molecule has 0 spiro atoms. The van der Waals surface area contributed by atoms with Crippen LogP contribution < -0.4 is 0 Å². The van der Waals surface area contributed by atoms with Crippen molar-refractivity contribution in [3.63, 3.8) is 0 Å². The molecule has 1 unspecified atom stereocenters. The zero-order valence-corrected chi connectivity index (χ0v) is 7.53. The van der Waals surface area contributed by atoms with E-state index in [1.54, 1.807) is 0 Å². The lowest BCUT2D eigenvalue weighted by Crippen LogP contribution is -2.02. The van der Waals surface area contributed by atoms with E-state index in [1.807, 2.05) is 12.2 Å². The van der Waals surface area contributed by atoms with E-state index in [4.69, 9.17) is 0 Å². The molecule has 2 heteroatoms. The highest BCUT2D eigenvalue weighted by Crippen LogP contribution is 2.28. The molecule has 11 heavy (non-hydrogen) atoms. The Bertz CT molecular complexity index is 172. The topological polar surface area (TPSA) is 0 Å². The van der Waals surface area contributed by atoms with E-state index in [-0.39, 0.29) is 5.25 Å². The van der Waals surface area contributed by atoms with Crippen LogP contribution in [0.3, 0.4) is 0 Å². The van der Waals surface area contributed by atoms with Gasteiger partial charge in [0.2, 0.25) is 0 Å². The molecule has 0 saturated heterocycles. The van der Waals surface area contributed by atoms with Crippen LogP contribution >= 0.6 is 12.1 Å². The van der Waals surface area contributed by atoms with E-state index in [0.717, 1.165) is 19.3 Å². The molecule has 1 aliphatic carbocycles. The van der Waals surface area contributed by atoms with Crippen molar-refractivity contribution in [2.45, 2.75) is 31.4 Å². The Hall–Kier alpha value is -0.240. The van der Waals surface area contributed by atoms with Crippen molar-refractivity contribution in [3.8, 4) is 0 Å². The van der Waals surface area contributed by atoms with Crippen LogP contribution in [0.1, 0.15) is 26.2 Å². The Morgan fingerprint density at radius 3 is 3.18 bits per heavy atom. The maximum atomic E-state index is 12.3. The molecule has 0 bridgehead atoms. The molecular formula is C9H13FS. The van der Waals surface area contributed by atoms with Gasteiger partial charge in [-0.25, -0.2) is 0 Å². The maximum Gasteiger partial charge on any atom is 0.0578 e. The number of hydrogen-bond acceptors (Lipinski definition) is 1. The number of hydrogen-bond donors (Lipinski definition) is 0. The van der Waals surface area contributed by atoms with Crippen molar-refractivity contribution in [3.05, 3.63) is 23.8 Å². The van der Waals surface area contributed by atoms with Crippen LogP contribution in [-0.4, -0.2) is 5.25 Å². The van der Waals surface area contributed by atoms with Gasteiger partial charge in [0.15, 0.2) is 0 Å². The normalized spacial score (nSPS) is 24.5. The van der Waals surface area contributed by atoms with Crippen molar-refractivity contribution in [1.29, 1.82) is 0 Å². The van der Waals surface area contributed by atoms with Gasteiger partial charge in [-0.3, -0.25) is 0 Å². The highest BCUT2D eigenvalue weighted by molar-refractivity contribution is 7.95. The minimum Gasteiger partial charge on any atom is -0.165 e. The summed E-state index contributed by atoms with van der Waals surface area (Å²) in [7, 11) is 0. The highest BCUT2D eigenvalue weighted by atomic mass is 32.2. The third-order valence-corrected chi connectivity index (χ3v) is 2.72. The monoisotopic (exact) mass is 172 g/mol. The van der Waals surface area contributed by atoms with E-state index in [2.05, 4.69) is 13.0 Å². The van der Waals surface area contributed by atoms with Crippen molar-refractivity contribution in [2.24, 2.45) is 0 Å².